The van der Waals surface area contributed by atoms with Crippen LogP contribution in [-0.4, -0.2) is 39.1 Å². The first-order valence-electron chi connectivity index (χ1n) is 8.81. The summed E-state index contributed by atoms with van der Waals surface area (Å²) in [6.45, 7) is 0.452. The van der Waals surface area contributed by atoms with Gasteiger partial charge < -0.3 is 10.0 Å². The minimum absolute atomic E-state index is 0.00296. The Morgan fingerprint density at radius 1 is 1.28 bits per heavy atom. The van der Waals surface area contributed by atoms with Crippen molar-refractivity contribution in [3.8, 4) is 0 Å². The second-order valence-electron chi connectivity index (χ2n) is 7.22. The van der Waals surface area contributed by atoms with E-state index in [2.05, 4.69) is 10.9 Å². The van der Waals surface area contributed by atoms with E-state index in [0.717, 1.165) is 25.7 Å². The zero-order chi connectivity index (χ0) is 17.6. The first-order valence-corrected chi connectivity index (χ1v) is 8.81. The number of rotatable bonds is 3. The van der Waals surface area contributed by atoms with Gasteiger partial charge in [0.1, 0.15) is 0 Å². The van der Waals surface area contributed by atoms with Gasteiger partial charge in [0.2, 0.25) is 5.72 Å². The van der Waals surface area contributed by atoms with Gasteiger partial charge in [0.15, 0.2) is 0 Å². The average molecular weight is 346 g/mol. The molecule has 3 atom stereocenters. The lowest BCUT2D eigenvalue weighted by Crippen LogP contribution is -2.54. The maximum Gasteiger partial charge on any atom is 0.271 e. The highest BCUT2D eigenvalue weighted by Gasteiger charge is 2.61. The lowest BCUT2D eigenvalue weighted by atomic mass is 9.89. The summed E-state index contributed by atoms with van der Waals surface area (Å²) in [5.41, 5.74) is 4.77. The van der Waals surface area contributed by atoms with E-state index < -0.39 is 10.6 Å². The number of amides is 1. The van der Waals surface area contributed by atoms with Gasteiger partial charge in [0.05, 0.1) is 16.9 Å². The normalized spacial score (nSPS) is 32.8. The van der Waals surface area contributed by atoms with Crippen LogP contribution in [0.25, 0.3) is 0 Å². The van der Waals surface area contributed by atoms with E-state index in [1.165, 1.54) is 18.6 Å². The lowest BCUT2D eigenvalue weighted by Gasteiger charge is -2.32. The highest BCUT2D eigenvalue weighted by atomic mass is 16.6. The molecule has 134 valence electrons. The summed E-state index contributed by atoms with van der Waals surface area (Å²) < 4.78 is 0. The predicted molar refractivity (Wildman–Crippen MR) is 89.1 cm³/mol. The minimum Gasteiger partial charge on any atom is -0.366 e. The van der Waals surface area contributed by atoms with Crippen LogP contribution in [0.5, 0.6) is 0 Å². The molecule has 2 heterocycles. The maximum absolute atomic E-state index is 12.8. The number of nitro groups is 1. The van der Waals surface area contributed by atoms with E-state index in [1.54, 1.807) is 12.1 Å². The first kappa shape index (κ1) is 16.4. The molecule has 1 aliphatic carbocycles. The molecule has 2 saturated heterocycles. The Morgan fingerprint density at radius 2 is 2.04 bits per heavy atom. The molecule has 8 heteroatoms. The highest BCUT2D eigenvalue weighted by Crippen LogP contribution is 2.42. The third kappa shape index (κ3) is 2.61. The van der Waals surface area contributed by atoms with Crippen LogP contribution < -0.4 is 10.9 Å². The molecular formula is C17H22N4O4. The third-order valence-corrected chi connectivity index (χ3v) is 5.79. The Labute approximate surface area is 145 Å². The Hall–Kier alpha value is -2.03. The summed E-state index contributed by atoms with van der Waals surface area (Å²) in [5.74, 6) is -0.672. The maximum atomic E-state index is 12.8. The first-order chi connectivity index (χ1) is 12.0. The molecule has 2 aliphatic heterocycles. The summed E-state index contributed by atoms with van der Waals surface area (Å²) in [7, 11) is 0. The number of nitrogens with one attached hydrogen (secondary N) is 2. The summed E-state index contributed by atoms with van der Waals surface area (Å²) in [6, 6.07) is 6.17. The minimum atomic E-state index is -1.65. The van der Waals surface area contributed by atoms with Gasteiger partial charge in [-0.25, -0.2) is 10.9 Å². The number of hydrogen-bond donors (Lipinski definition) is 3. The molecule has 0 aromatic heterocycles. The van der Waals surface area contributed by atoms with E-state index in [4.69, 9.17) is 0 Å². The number of hydrazine groups is 1. The molecule has 1 amide bonds. The molecule has 1 aromatic rings. The van der Waals surface area contributed by atoms with Crippen molar-refractivity contribution in [3.05, 3.63) is 39.9 Å². The van der Waals surface area contributed by atoms with Crippen molar-refractivity contribution >= 4 is 11.6 Å². The van der Waals surface area contributed by atoms with Gasteiger partial charge in [-0.05, 0) is 18.4 Å². The summed E-state index contributed by atoms with van der Waals surface area (Å²) in [4.78, 5) is 25.2. The number of carbonyl (C=O) groups is 1. The van der Waals surface area contributed by atoms with Crippen molar-refractivity contribution < 1.29 is 14.8 Å². The van der Waals surface area contributed by atoms with Gasteiger partial charge in [-0.1, -0.05) is 31.4 Å². The number of fused-ring (bicyclic) bond motifs is 1. The van der Waals surface area contributed by atoms with Gasteiger partial charge in [0.25, 0.3) is 11.6 Å². The second kappa shape index (κ2) is 6.05. The number of likely N-dealkylation sites (tertiary alicyclic amines) is 1. The molecule has 0 unspecified atom stereocenters. The summed E-state index contributed by atoms with van der Waals surface area (Å²) in [5, 5.41) is 21.9. The monoisotopic (exact) mass is 346 g/mol. The molecule has 8 nitrogen and oxygen atoms in total. The Bertz CT molecular complexity index is 706. The van der Waals surface area contributed by atoms with E-state index in [1.807, 2.05) is 4.90 Å². The predicted octanol–water partition coefficient (Wildman–Crippen LogP) is 1.22. The van der Waals surface area contributed by atoms with Crippen molar-refractivity contribution in [1.82, 2.24) is 15.8 Å². The largest absolute Gasteiger partial charge is 0.366 e. The number of aliphatic hydroxyl groups is 1. The quantitative estimate of drug-likeness (QED) is 0.561. The zero-order valence-corrected chi connectivity index (χ0v) is 13.9. The van der Waals surface area contributed by atoms with Crippen LogP contribution in [0.4, 0.5) is 5.69 Å². The van der Waals surface area contributed by atoms with Gasteiger partial charge in [-0.3, -0.25) is 14.9 Å². The molecule has 25 heavy (non-hydrogen) atoms. The molecule has 3 fully saturated rings. The average Bonchev–Trinajstić information content (AvgIpc) is 3.09. The van der Waals surface area contributed by atoms with Crippen LogP contribution in [0.15, 0.2) is 24.3 Å². The Kier molecular flexibility index (Phi) is 3.98. The van der Waals surface area contributed by atoms with Gasteiger partial charge in [-0.15, -0.1) is 0 Å². The van der Waals surface area contributed by atoms with Crippen molar-refractivity contribution in [1.29, 1.82) is 0 Å². The molecule has 3 aliphatic rings. The molecular weight excluding hydrogens is 324 g/mol. The van der Waals surface area contributed by atoms with Crippen molar-refractivity contribution in [2.75, 3.05) is 6.54 Å². The third-order valence-electron chi connectivity index (χ3n) is 5.79. The van der Waals surface area contributed by atoms with E-state index in [9.17, 15) is 20.0 Å². The SMILES string of the molecule is O=C1N(C2CCCCC2)C[C@H]2[C@H](c3cccc([N+](=O)[O-])c3)NN[C@@]12O. The number of hydrogen-bond acceptors (Lipinski definition) is 6. The van der Waals surface area contributed by atoms with Gasteiger partial charge >= 0.3 is 0 Å². The van der Waals surface area contributed by atoms with E-state index in [0.29, 0.717) is 12.1 Å². The fraction of sp³-hybridized carbons (Fsp3) is 0.588. The van der Waals surface area contributed by atoms with Crippen LogP contribution in [0.3, 0.4) is 0 Å². The van der Waals surface area contributed by atoms with Crippen LogP contribution in [0.1, 0.15) is 43.7 Å². The number of carbonyl (C=O) groups excluding carboxylic acids is 1. The van der Waals surface area contributed by atoms with Crippen molar-refractivity contribution in [2.24, 2.45) is 5.92 Å². The Balaban J connectivity index is 1.60. The van der Waals surface area contributed by atoms with E-state index in [-0.39, 0.29) is 29.6 Å². The molecule has 0 bridgehead atoms. The molecule has 0 spiro atoms. The fourth-order valence-electron chi connectivity index (χ4n) is 4.44. The van der Waals surface area contributed by atoms with Gasteiger partial charge in [-0.2, -0.15) is 0 Å². The second-order valence-corrected chi connectivity index (χ2v) is 7.22. The molecule has 3 N–H and O–H groups in total. The summed E-state index contributed by atoms with van der Waals surface area (Å²) >= 11 is 0. The standard InChI is InChI=1S/C17H22N4O4/c22-16-17(23)14(10-20(16)12-6-2-1-3-7-12)15(18-19-17)11-5-4-8-13(9-11)21(24)25/h4-5,8-9,12,14-15,18-19,23H,1-3,6-7,10H2/t14-,15-,17-/m0/s1. The molecule has 4 rings (SSSR count). The molecule has 1 saturated carbocycles. The topological polar surface area (TPSA) is 108 Å². The van der Waals surface area contributed by atoms with Crippen molar-refractivity contribution in [2.45, 2.75) is 49.9 Å². The van der Waals surface area contributed by atoms with Crippen LogP contribution in [0, 0.1) is 16.0 Å². The number of benzene rings is 1. The van der Waals surface area contributed by atoms with Crippen LogP contribution in [-0.2, 0) is 4.79 Å². The summed E-state index contributed by atoms with van der Waals surface area (Å²) in [6.07, 6.45) is 5.37. The number of nitro benzene ring substituents is 1. The zero-order valence-electron chi connectivity index (χ0n) is 13.9. The molecule has 0 radical (unpaired) electrons. The number of non-ortho nitro benzene ring substituents is 1. The number of nitrogens with zero attached hydrogens (tertiary/aromatic N) is 2. The molecule has 1 aromatic carbocycles. The van der Waals surface area contributed by atoms with Crippen LogP contribution >= 0.6 is 0 Å². The smallest absolute Gasteiger partial charge is 0.271 e. The van der Waals surface area contributed by atoms with E-state index >= 15 is 0 Å². The van der Waals surface area contributed by atoms with Crippen LogP contribution in [0.2, 0.25) is 0 Å². The highest BCUT2D eigenvalue weighted by molar-refractivity contribution is 5.88. The Morgan fingerprint density at radius 3 is 2.76 bits per heavy atom. The lowest BCUT2D eigenvalue weighted by molar-refractivity contribution is -0.384. The van der Waals surface area contributed by atoms with Crippen molar-refractivity contribution in [3.63, 3.8) is 0 Å². The van der Waals surface area contributed by atoms with Gasteiger partial charge in [0, 0.05) is 24.7 Å². The fourth-order valence-corrected chi connectivity index (χ4v) is 4.44.